The predicted octanol–water partition coefficient (Wildman–Crippen LogP) is 4.73. The van der Waals surface area contributed by atoms with Gasteiger partial charge in [-0.15, -0.1) is 0 Å². The highest BCUT2D eigenvalue weighted by atomic mass is 16.5. The lowest BCUT2D eigenvalue weighted by atomic mass is 9.98. The summed E-state index contributed by atoms with van der Waals surface area (Å²) in [5, 5.41) is 3.44. The van der Waals surface area contributed by atoms with Crippen LogP contribution >= 0.6 is 0 Å². The van der Waals surface area contributed by atoms with E-state index in [2.05, 4.69) is 10.1 Å². The Bertz CT molecular complexity index is 558. The first-order valence-corrected chi connectivity index (χ1v) is 10.7. The van der Waals surface area contributed by atoms with Crippen molar-refractivity contribution in [3.63, 3.8) is 0 Å². The molecular formula is C23H37NO4. The Morgan fingerprint density at radius 3 is 2.32 bits per heavy atom. The van der Waals surface area contributed by atoms with E-state index in [1.54, 1.807) is 0 Å². The van der Waals surface area contributed by atoms with Crippen LogP contribution < -0.4 is 14.8 Å². The summed E-state index contributed by atoms with van der Waals surface area (Å²) in [5.41, 5.74) is -0.318. The molecule has 0 radical (unpaired) electrons. The quantitative estimate of drug-likeness (QED) is 0.710. The summed E-state index contributed by atoms with van der Waals surface area (Å²) in [6.07, 6.45) is 9.20. The number of carbonyl (C=O) groups is 1. The third kappa shape index (κ3) is 8.96. The van der Waals surface area contributed by atoms with Gasteiger partial charge in [-0.2, -0.15) is 0 Å². The van der Waals surface area contributed by atoms with E-state index in [0.717, 1.165) is 31.2 Å². The molecule has 1 aromatic carbocycles. The molecule has 28 heavy (non-hydrogen) atoms. The highest BCUT2D eigenvalue weighted by Crippen LogP contribution is 2.31. The number of rotatable bonds is 6. The fraction of sp³-hybridized carbons (Fsp3) is 0.696. The molecule has 5 nitrogen and oxygen atoms in total. The summed E-state index contributed by atoms with van der Waals surface area (Å²) in [5.74, 6) is 2.46. The van der Waals surface area contributed by atoms with Crippen molar-refractivity contribution in [1.29, 1.82) is 0 Å². The summed E-state index contributed by atoms with van der Waals surface area (Å²) in [6.45, 7) is 8.94. The molecule has 3 rings (SSSR count). The maximum Gasteiger partial charge on any atom is 0.293 e. The van der Waals surface area contributed by atoms with Gasteiger partial charge in [0.1, 0.15) is 5.60 Å². The number of hydrogen-bond donors (Lipinski definition) is 1. The maximum atomic E-state index is 9.60. The SMILES string of the molecule is CC(C)(C)OC=O.c1ccc(OC2CCCCC2)c(OC[C@H]2CCCNC2)c1. The Balaban J connectivity index is 0.000000345. The molecule has 0 amide bonds. The number of carbonyl (C=O) groups excluding carboxylic acids is 1. The van der Waals surface area contributed by atoms with Gasteiger partial charge < -0.3 is 19.5 Å². The smallest absolute Gasteiger partial charge is 0.293 e. The highest BCUT2D eigenvalue weighted by Gasteiger charge is 2.18. The van der Waals surface area contributed by atoms with Gasteiger partial charge in [-0.25, -0.2) is 0 Å². The second kappa shape index (κ2) is 11.9. The van der Waals surface area contributed by atoms with E-state index in [-0.39, 0.29) is 5.60 Å². The van der Waals surface area contributed by atoms with Crippen molar-refractivity contribution >= 4 is 6.47 Å². The monoisotopic (exact) mass is 391 g/mol. The van der Waals surface area contributed by atoms with E-state index in [9.17, 15) is 4.79 Å². The summed E-state index contributed by atoms with van der Waals surface area (Å²) >= 11 is 0. The summed E-state index contributed by atoms with van der Waals surface area (Å²) in [4.78, 5) is 9.60. The molecule has 1 aromatic rings. The Labute approximate surface area is 170 Å². The lowest BCUT2D eigenvalue weighted by Crippen LogP contribution is -2.33. The topological polar surface area (TPSA) is 56.8 Å². The summed E-state index contributed by atoms with van der Waals surface area (Å²) < 4.78 is 16.8. The van der Waals surface area contributed by atoms with Crippen molar-refractivity contribution < 1.29 is 19.0 Å². The van der Waals surface area contributed by atoms with Gasteiger partial charge in [0.05, 0.1) is 12.7 Å². The molecule has 1 atom stereocenters. The van der Waals surface area contributed by atoms with E-state index in [4.69, 9.17) is 9.47 Å². The van der Waals surface area contributed by atoms with Gasteiger partial charge in [-0.3, -0.25) is 4.79 Å². The van der Waals surface area contributed by atoms with Crippen molar-refractivity contribution in [3.8, 4) is 11.5 Å². The zero-order valence-corrected chi connectivity index (χ0v) is 17.7. The zero-order chi connectivity index (χ0) is 20.2. The van der Waals surface area contributed by atoms with Crippen LogP contribution in [0.25, 0.3) is 0 Å². The number of benzene rings is 1. The molecule has 1 heterocycles. The minimum atomic E-state index is -0.318. The maximum absolute atomic E-state index is 9.60. The average molecular weight is 392 g/mol. The van der Waals surface area contributed by atoms with Crippen molar-refractivity contribution in [1.82, 2.24) is 5.32 Å². The molecule has 158 valence electrons. The molecule has 0 spiro atoms. The van der Waals surface area contributed by atoms with E-state index in [1.165, 1.54) is 44.9 Å². The van der Waals surface area contributed by atoms with E-state index in [1.807, 2.05) is 45.0 Å². The lowest BCUT2D eigenvalue weighted by molar-refractivity contribution is -0.138. The number of hydrogen-bond acceptors (Lipinski definition) is 5. The molecule has 2 fully saturated rings. The van der Waals surface area contributed by atoms with Crippen LogP contribution in [0.5, 0.6) is 11.5 Å². The second-order valence-corrected chi connectivity index (χ2v) is 8.67. The first-order chi connectivity index (χ1) is 13.5. The van der Waals surface area contributed by atoms with Gasteiger partial charge in [0, 0.05) is 12.5 Å². The van der Waals surface area contributed by atoms with Crippen molar-refractivity contribution in [2.75, 3.05) is 19.7 Å². The lowest BCUT2D eigenvalue weighted by Gasteiger charge is -2.26. The Morgan fingerprint density at radius 2 is 1.75 bits per heavy atom. The summed E-state index contributed by atoms with van der Waals surface area (Å²) in [6, 6.07) is 8.15. The Kier molecular flexibility index (Phi) is 9.62. The molecular weight excluding hydrogens is 354 g/mol. The van der Waals surface area contributed by atoms with Gasteiger partial charge in [-0.1, -0.05) is 18.6 Å². The predicted molar refractivity (Wildman–Crippen MR) is 112 cm³/mol. The standard InChI is InChI=1S/C18H27NO2.C5H10O2/c1-2-8-16(9-3-1)21-18-11-5-4-10-17(18)20-14-15-7-6-12-19-13-15;1-5(2,3)7-4-6/h4-5,10-11,15-16,19H,1-3,6-9,12-14H2;4H,1-3H3/t15-;/m0./s1. The minimum absolute atomic E-state index is 0.318. The fourth-order valence-electron chi connectivity index (χ4n) is 3.45. The minimum Gasteiger partial charge on any atom is -0.489 e. The van der Waals surface area contributed by atoms with E-state index in [0.29, 0.717) is 18.5 Å². The molecule has 1 aliphatic carbocycles. The molecule has 1 aliphatic heterocycles. The molecule has 5 heteroatoms. The number of ether oxygens (including phenoxy) is 3. The van der Waals surface area contributed by atoms with Gasteiger partial charge in [-0.05, 0) is 78.0 Å². The molecule has 0 aromatic heterocycles. The van der Waals surface area contributed by atoms with Crippen LogP contribution in [-0.4, -0.2) is 37.9 Å². The third-order valence-corrected chi connectivity index (χ3v) is 4.97. The van der Waals surface area contributed by atoms with Crippen LogP contribution in [0.3, 0.4) is 0 Å². The zero-order valence-electron chi connectivity index (χ0n) is 17.7. The molecule has 0 bridgehead atoms. The number of para-hydroxylation sites is 2. The molecule has 1 saturated carbocycles. The Hall–Kier alpha value is -1.75. The van der Waals surface area contributed by atoms with Crippen LogP contribution in [0.2, 0.25) is 0 Å². The van der Waals surface area contributed by atoms with Gasteiger partial charge >= 0.3 is 0 Å². The van der Waals surface area contributed by atoms with E-state index >= 15 is 0 Å². The highest BCUT2D eigenvalue weighted by molar-refractivity contribution is 5.39. The average Bonchev–Trinajstić information content (AvgIpc) is 2.68. The molecule has 1 saturated heterocycles. The van der Waals surface area contributed by atoms with Crippen molar-refractivity contribution in [2.45, 2.75) is 77.4 Å². The number of nitrogens with one attached hydrogen (secondary N) is 1. The first-order valence-electron chi connectivity index (χ1n) is 10.7. The fourth-order valence-corrected chi connectivity index (χ4v) is 3.45. The molecule has 0 unspecified atom stereocenters. The number of piperidine rings is 1. The Morgan fingerprint density at radius 1 is 1.04 bits per heavy atom. The van der Waals surface area contributed by atoms with Gasteiger partial charge in [0.2, 0.25) is 0 Å². The van der Waals surface area contributed by atoms with Crippen LogP contribution in [0.15, 0.2) is 24.3 Å². The largest absolute Gasteiger partial charge is 0.489 e. The molecule has 1 N–H and O–H groups in total. The van der Waals surface area contributed by atoms with Gasteiger partial charge in [0.25, 0.3) is 6.47 Å². The van der Waals surface area contributed by atoms with Crippen molar-refractivity contribution in [3.05, 3.63) is 24.3 Å². The van der Waals surface area contributed by atoms with Crippen LogP contribution in [-0.2, 0) is 9.53 Å². The second-order valence-electron chi connectivity index (χ2n) is 8.67. The van der Waals surface area contributed by atoms with Crippen LogP contribution in [0, 0.1) is 5.92 Å². The van der Waals surface area contributed by atoms with Crippen LogP contribution in [0.4, 0.5) is 0 Å². The van der Waals surface area contributed by atoms with Crippen LogP contribution in [0.1, 0.15) is 65.7 Å². The summed E-state index contributed by atoms with van der Waals surface area (Å²) in [7, 11) is 0. The van der Waals surface area contributed by atoms with Crippen molar-refractivity contribution in [2.24, 2.45) is 5.92 Å². The molecule has 2 aliphatic rings. The first kappa shape index (κ1) is 22.5. The third-order valence-electron chi connectivity index (χ3n) is 4.97. The van der Waals surface area contributed by atoms with Gasteiger partial charge in [0.15, 0.2) is 11.5 Å². The van der Waals surface area contributed by atoms with E-state index < -0.39 is 0 Å². The normalized spacial score (nSPS) is 20.5.